The molecule has 4 heterocycles. The quantitative estimate of drug-likeness (QED) is 0.782. The molecule has 5 rings (SSSR count). The lowest BCUT2D eigenvalue weighted by Crippen LogP contribution is -2.35. The normalized spacial score (nSPS) is 27.2. The Balaban J connectivity index is 1.43. The van der Waals surface area contributed by atoms with E-state index in [0.717, 1.165) is 62.4 Å². The number of likely N-dealkylation sites (tertiary alicyclic amines) is 1. The average Bonchev–Trinajstić information content (AvgIpc) is 3.32. The summed E-state index contributed by atoms with van der Waals surface area (Å²) in [5, 5.41) is 8.87. The predicted molar refractivity (Wildman–Crippen MR) is 97.2 cm³/mol. The molecule has 2 aromatic heterocycles. The minimum absolute atomic E-state index is 0.165. The summed E-state index contributed by atoms with van der Waals surface area (Å²) in [5.74, 6) is 2.93. The molecule has 1 amide bonds. The van der Waals surface area contributed by atoms with Gasteiger partial charge >= 0.3 is 0 Å². The lowest BCUT2D eigenvalue weighted by molar-refractivity contribution is -0.134. The van der Waals surface area contributed by atoms with E-state index in [1.807, 2.05) is 18.3 Å². The van der Waals surface area contributed by atoms with E-state index in [1.165, 1.54) is 0 Å². The van der Waals surface area contributed by atoms with Gasteiger partial charge < -0.3 is 9.47 Å². The van der Waals surface area contributed by atoms with E-state index in [9.17, 15) is 4.79 Å². The van der Waals surface area contributed by atoms with Crippen LogP contribution >= 0.6 is 0 Å². The molecule has 0 bridgehead atoms. The first kappa shape index (κ1) is 15.7. The molecule has 0 N–H and O–H groups in total. The van der Waals surface area contributed by atoms with Crippen LogP contribution in [0.25, 0.3) is 11.4 Å². The third kappa shape index (κ3) is 2.55. The Bertz CT molecular complexity index is 843. The van der Waals surface area contributed by atoms with Crippen molar-refractivity contribution in [2.45, 2.75) is 38.1 Å². The van der Waals surface area contributed by atoms with Crippen molar-refractivity contribution in [3.8, 4) is 11.4 Å². The van der Waals surface area contributed by atoms with Gasteiger partial charge in [0.1, 0.15) is 5.82 Å². The van der Waals surface area contributed by atoms with Gasteiger partial charge in [-0.3, -0.25) is 9.78 Å². The number of aromatic nitrogens is 4. The zero-order valence-corrected chi connectivity index (χ0v) is 14.8. The molecule has 26 heavy (non-hydrogen) atoms. The van der Waals surface area contributed by atoms with Gasteiger partial charge in [-0.05, 0) is 43.7 Å². The molecule has 6 nitrogen and oxygen atoms in total. The third-order valence-electron chi connectivity index (χ3n) is 6.09. The molecule has 0 spiro atoms. The molecule has 2 aliphatic heterocycles. The zero-order chi connectivity index (χ0) is 17.5. The van der Waals surface area contributed by atoms with Crippen LogP contribution < -0.4 is 0 Å². The number of aryl methyl sites for hydroxylation is 1. The summed E-state index contributed by atoms with van der Waals surface area (Å²) in [4.78, 5) is 19.3. The van der Waals surface area contributed by atoms with Crippen molar-refractivity contribution in [1.82, 2.24) is 24.6 Å². The van der Waals surface area contributed by atoms with Crippen LogP contribution in [-0.2, 0) is 11.2 Å². The first-order valence-corrected chi connectivity index (χ1v) is 9.59. The number of nitrogens with zero attached hydrogens (tertiary/aromatic N) is 5. The van der Waals surface area contributed by atoms with Crippen LogP contribution in [0.15, 0.2) is 36.7 Å². The third-order valence-corrected chi connectivity index (χ3v) is 6.09. The van der Waals surface area contributed by atoms with Gasteiger partial charge in [0.05, 0.1) is 6.04 Å². The maximum absolute atomic E-state index is 13.0. The first-order valence-electron chi connectivity index (χ1n) is 9.59. The zero-order valence-electron chi connectivity index (χ0n) is 14.8. The fraction of sp³-hybridized carbons (Fsp3) is 0.500. The number of hydrogen-bond donors (Lipinski definition) is 0. The van der Waals surface area contributed by atoms with Crippen LogP contribution in [0.3, 0.4) is 0 Å². The predicted octanol–water partition coefficient (Wildman–Crippen LogP) is 2.64. The van der Waals surface area contributed by atoms with Crippen molar-refractivity contribution in [3.63, 3.8) is 0 Å². The van der Waals surface area contributed by atoms with Gasteiger partial charge in [0.15, 0.2) is 5.82 Å². The Kier molecular flexibility index (Phi) is 3.84. The highest BCUT2D eigenvalue weighted by Gasteiger charge is 2.42. The van der Waals surface area contributed by atoms with Gasteiger partial charge in [0.25, 0.3) is 0 Å². The molecule has 134 valence electrons. The SMILES string of the molecule is O=C([C@@H]1CC=CCC1)N1C[C@H]2CCc3nnc(-c4cccnc4)n3[C@H]2C1. The standard InChI is InChI=1S/C20H23N5O/c26-20(14-5-2-1-3-6-14)24-12-16-8-9-18-22-23-19(25(18)17(16)13-24)15-7-4-10-21-11-15/h1-2,4,7,10-11,14,16-17H,3,5-6,8-9,12-13H2/t14-,16-,17+/m1/s1. The van der Waals surface area contributed by atoms with E-state index < -0.39 is 0 Å². The second kappa shape index (κ2) is 6.34. The molecular formula is C20H23N5O. The lowest BCUT2D eigenvalue weighted by Gasteiger charge is -2.27. The van der Waals surface area contributed by atoms with Gasteiger partial charge in [0.2, 0.25) is 5.91 Å². The van der Waals surface area contributed by atoms with E-state index >= 15 is 0 Å². The van der Waals surface area contributed by atoms with Gasteiger partial charge in [-0.1, -0.05) is 12.2 Å². The van der Waals surface area contributed by atoms with Gasteiger partial charge in [-0.15, -0.1) is 10.2 Å². The van der Waals surface area contributed by atoms with E-state index in [4.69, 9.17) is 0 Å². The molecule has 1 fully saturated rings. The topological polar surface area (TPSA) is 63.9 Å². The molecule has 3 aliphatic rings. The Morgan fingerprint density at radius 3 is 2.92 bits per heavy atom. The summed E-state index contributed by atoms with van der Waals surface area (Å²) in [6, 6.07) is 4.24. The van der Waals surface area contributed by atoms with E-state index in [1.54, 1.807) is 6.20 Å². The van der Waals surface area contributed by atoms with Gasteiger partial charge in [-0.25, -0.2) is 0 Å². The van der Waals surface area contributed by atoms with Crippen LogP contribution in [0.5, 0.6) is 0 Å². The summed E-state index contributed by atoms with van der Waals surface area (Å²) in [6.45, 7) is 1.65. The molecule has 3 atom stereocenters. The Morgan fingerprint density at radius 1 is 1.15 bits per heavy atom. The molecular weight excluding hydrogens is 326 g/mol. The summed E-state index contributed by atoms with van der Waals surface area (Å²) >= 11 is 0. The molecule has 1 saturated heterocycles. The number of rotatable bonds is 2. The number of fused-ring (bicyclic) bond motifs is 3. The van der Waals surface area contributed by atoms with Crippen LogP contribution in [0.1, 0.15) is 37.5 Å². The van der Waals surface area contributed by atoms with E-state index in [2.05, 4.69) is 36.8 Å². The minimum atomic E-state index is 0.165. The first-order chi connectivity index (χ1) is 12.8. The van der Waals surface area contributed by atoms with Crippen molar-refractivity contribution in [2.24, 2.45) is 11.8 Å². The van der Waals surface area contributed by atoms with Crippen molar-refractivity contribution in [2.75, 3.05) is 13.1 Å². The van der Waals surface area contributed by atoms with Crippen molar-refractivity contribution >= 4 is 5.91 Å². The molecule has 0 radical (unpaired) electrons. The molecule has 0 aromatic carbocycles. The van der Waals surface area contributed by atoms with Crippen molar-refractivity contribution in [3.05, 3.63) is 42.5 Å². The number of carbonyl (C=O) groups excluding carboxylic acids is 1. The monoisotopic (exact) mass is 349 g/mol. The van der Waals surface area contributed by atoms with E-state index in [-0.39, 0.29) is 12.0 Å². The van der Waals surface area contributed by atoms with Crippen LogP contribution in [0, 0.1) is 11.8 Å². The highest BCUT2D eigenvalue weighted by Crippen LogP contribution is 2.39. The smallest absolute Gasteiger partial charge is 0.226 e. The number of amides is 1. The number of carbonyl (C=O) groups is 1. The fourth-order valence-electron chi connectivity index (χ4n) is 4.74. The highest BCUT2D eigenvalue weighted by atomic mass is 16.2. The highest BCUT2D eigenvalue weighted by molar-refractivity contribution is 5.79. The molecule has 0 unspecified atom stereocenters. The van der Waals surface area contributed by atoms with Gasteiger partial charge in [0, 0.05) is 43.4 Å². The largest absolute Gasteiger partial charge is 0.340 e. The van der Waals surface area contributed by atoms with Crippen molar-refractivity contribution < 1.29 is 4.79 Å². The van der Waals surface area contributed by atoms with Crippen LogP contribution in [0.4, 0.5) is 0 Å². The number of pyridine rings is 1. The molecule has 6 heteroatoms. The molecule has 1 aliphatic carbocycles. The minimum Gasteiger partial charge on any atom is -0.340 e. The second-order valence-electron chi connectivity index (χ2n) is 7.64. The average molecular weight is 349 g/mol. The maximum Gasteiger partial charge on any atom is 0.226 e. The second-order valence-corrected chi connectivity index (χ2v) is 7.64. The Labute approximate surface area is 152 Å². The summed E-state index contributed by atoms with van der Waals surface area (Å²) in [6.07, 6.45) is 12.9. The maximum atomic E-state index is 13.0. The number of allylic oxidation sites excluding steroid dienone is 2. The summed E-state index contributed by atoms with van der Waals surface area (Å²) < 4.78 is 2.28. The number of hydrogen-bond acceptors (Lipinski definition) is 4. The van der Waals surface area contributed by atoms with E-state index in [0.29, 0.717) is 11.8 Å². The molecule has 0 saturated carbocycles. The van der Waals surface area contributed by atoms with Crippen LogP contribution in [0.2, 0.25) is 0 Å². The Morgan fingerprint density at radius 2 is 2.12 bits per heavy atom. The van der Waals surface area contributed by atoms with Crippen LogP contribution in [-0.4, -0.2) is 43.6 Å². The van der Waals surface area contributed by atoms with Crippen molar-refractivity contribution in [1.29, 1.82) is 0 Å². The summed E-state index contributed by atoms with van der Waals surface area (Å²) in [7, 11) is 0. The van der Waals surface area contributed by atoms with Gasteiger partial charge in [-0.2, -0.15) is 0 Å². The summed E-state index contributed by atoms with van der Waals surface area (Å²) in [5.41, 5.74) is 0.995. The molecule has 2 aromatic rings. The fourth-order valence-corrected chi connectivity index (χ4v) is 4.74. The lowest BCUT2D eigenvalue weighted by atomic mass is 9.93. The Hall–Kier alpha value is -2.50.